The number of unbranched alkanes of at least 4 members (excludes halogenated alkanes) is 2. The van der Waals surface area contributed by atoms with Crippen LogP contribution in [0.1, 0.15) is 43.5 Å². The lowest BCUT2D eigenvalue weighted by Gasteiger charge is -2.14. The highest BCUT2D eigenvalue weighted by Gasteiger charge is 2.13. The summed E-state index contributed by atoms with van der Waals surface area (Å²) in [5.41, 5.74) is 4.60. The fraction of sp³-hybridized carbons (Fsp3) is 0.304. The summed E-state index contributed by atoms with van der Waals surface area (Å²) in [5.74, 6) is 0.857. The second-order valence-corrected chi connectivity index (χ2v) is 6.70. The molecule has 1 aromatic heterocycles. The van der Waals surface area contributed by atoms with E-state index in [-0.39, 0.29) is 5.78 Å². The molecule has 1 N–H and O–H groups in total. The van der Waals surface area contributed by atoms with Crippen LogP contribution in [-0.4, -0.2) is 24.4 Å². The molecule has 0 bridgehead atoms. The van der Waals surface area contributed by atoms with Crippen LogP contribution in [0.25, 0.3) is 22.0 Å². The Morgan fingerprint density at radius 1 is 1.07 bits per heavy atom. The van der Waals surface area contributed by atoms with Gasteiger partial charge in [0.1, 0.15) is 5.75 Å². The van der Waals surface area contributed by atoms with Crippen LogP contribution >= 0.6 is 0 Å². The van der Waals surface area contributed by atoms with E-state index in [0.717, 1.165) is 46.4 Å². The Labute approximate surface area is 160 Å². The van der Waals surface area contributed by atoms with Gasteiger partial charge in [-0.3, -0.25) is 9.78 Å². The summed E-state index contributed by atoms with van der Waals surface area (Å²) in [6.45, 7) is 4.62. The maximum Gasteiger partial charge on any atom is 0.163 e. The van der Waals surface area contributed by atoms with Gasteiger partial charge in [0, 0.05) is 18.1 Å². The van der Waals surface area contributed by atoms with Crippen molar-refractivity contribution in [2.24, 2.45) is 0 Å². The molecule has 4 nitrogen and oxygen atoms in total. The molecule has 0 aliphatic rings. The van der Waals surface area contributed by atoms with Crippen molar-refractivity contribution in [3.8, 4) is 16.9 Å². The summed E-state index contributed by atoms with van der Waals surface area (Å²) >= 11 is 0. The standard InChI is InChI=1S/C23H26N2O2/c1-4-5-6-13-24-23-20-14-18(17-7-10-19(27-3)11-8-17)9-12-22(20)25-15-21(23)16(2)26/h7-12,14-15H,4-6,13H2,1-3H3,(H,24,25). The highest BCUT2D eigenvalue weighted by atomic mass is 16.5. The van der Waals surface area contributed by atoms with Gasteiger partial charge in [0.2, 0.25) is 0 Å². The van der Waals surface area contributed by atoms with Gasteiger partial charge in [-0.05, 0) is 48.7 Å². The first-order chi connectivity index (χ1) is 13.1. The van der Waals surface area contributed by atoms with Crippen molar-refractivity contribution in [1.29, 1.82) is 0 Å². The van der Waals surface area contributed by atoms with Crippen LogP contribution < -0.4 is 10.1 Å². The molecular weight excluding hydrogens is 336 g/mol. The highest BCUT2D eigenvalue weighted by molar-refractivity contribution is 6.07. The van der Waals surface area contributed by atoms with Crippen LogP contribution in [0, 0.1) is 0 Å². The van der Waals surface area contributed by atoms with Crippen molar-refractivity contribution in [3.05, 3.63) is 54.2 Å². The average molecular weight is 362 g/mol. The zero-order valence-corrected chi connectivity index (χ0v) is 16.2. The van der Waals surface area contributed by atoms with Gasteiger partial charge >= 0.3 is 0 Å². The number of ketones is 1. The monoisotopic (exact) mass is 362 g/mol. The Balaban J connectivity index is 2.04. The lowest BCUT2D eigenvalue weighted by Crippen LogP contribution is -2.08. The van der Waals surface area contributed by atoms with Crippen molar-refractivity contribution in [2.45, 2.75) is 33.1 Å². The molecule has 2 aromatic carbocycles. The largest absolute Gasteiger partial charge is 0.497 e. The first-order valence-corrected chi connectivity index (χ1v) is 9.46. The van der Waals surface area contributed by atoms with Crippen molar-refractivity contribution < 1.29 is 9.53 Å². The summed E-state index contributed by atoms with van der Waals surface area (Å²) in [5, 5.41) is 4.47. The molecule has 3 rings (SSSR count). The van der Waals surface area contributed by atoms with Gasteiger partial charge in [-0.25, -0.2) is 0 Å². The number of nitrogens with one attached hydrogen (secondary N) is 1. The van der Waals surface area contributed by atoms with Crippen molar-refractivity contribution in [1.82, 2.24) is 4.98 Å². The summed E-state index contributed by atoms with van der Waals surface area (Å²) in [6, 6.07) is 14.2. The molecule has 27 heavy (non-hydrogen) atoms. The normalized spacial score (nSPS) is 10.8. The molecule has 0 fully saturated rings. The van der Waals surface area contributed by atoms with E-state index in [0.29, 0.717) is 5.56 Å². The summed E-state index contributed by atoms with van der Waals surface area (Å²) in [4.78, 5) is 16.6. The molecule has 0 atom stereocenters. The number of nitrogens with zero attached hydrogens (tertiary/aromatic N) is 1. The lowest BCUT2D eigenvalue weighted by atomic mass is 10.00. The molecule has 0 aliphatic carbocycles. The minimum atomic E-state index is 0.0252. The van der Waals surface area contributed by atoms with Gasteiger partial charge < -0.3 is 10.1 Å². The van der Waals surface area contributed by atoms with Crippen LogP contribution in [0.4, 0.5) is 5.69 Å². The Kier molecular flexibility index (Phi) is 6.07. The van der Waals surface area contributed by atoms with E-state index in [9.17, 15) is 4.79 Å². The molecule has 140 valence electrons. The number of methoxy groups -OCH3 is 1. The van der Waals surface area contributed by atoms with E-state index in [2.05, 4.69) is 29.4 Å². The van der Waals surface area contributed by atoms with E-state index < -0.39 is 0 Å². The maximum absolute atomic E-state index is 12.1. The third-order valence-electron chi connectivity index (χ3n) is 4.75. The van der Waals surface area contributed by atoms with Crippen LogP contribution in [0.15, 0.2) is 48.7 Å². The molecule has 0 saturated heterocycles. The van der Waals surface area contributed by atoms with Crippen LogP contribution in [0.2, 0.25) is 0 Å². The number of hydrogen-bond acceptors (Lipinski definition) is 4. The number of fused-ring (bicyclic) bond motifs is 1. The smallest absolute Gasteiger partial charge is 0.163 e. The third-order valence-corrected chi connectivity index (χ3v) is 4.75. The SMILES string of the molecule is CCCCCNc1c(C(C)=O)cnc2ccc(-c3ccc(OC)cc3)cc12. The number of aromatic nitrogens is 1. The molecule has 3 aromatic rings. The highest BCUT2D eigenvalue weighted by Crippen LogP contribution is 2.31. The van der Waals surface area contributed by atoms with Crippen molar-refractivity contribution >= 4 is 22.4 Å². The lowest BCUT2D eigenvalue weighted by molar-refractivity contribution is 0.101. The van der Waals surface area contributed by atoms with Gasteiger partial charge in [-0.15, -0.1) is 0 Å². The summed E-state index contributed by atoms with van der Waals surface area (Å²) in [7, 11) is 1.66. The van der Waals surface area contributed by atoms with Crippen LogP contribution in [0.5, 0.6) is 5.75 Å². The van der Waals surface area contributed by atoms with E-state index in [1.165, 1.54) is 12.8 Å². The first kappa shape index (κ1) is 18.9. The van der Waals surface area contributed by atoms with E-state index in [4.69, 9.17) is 4.74 Å². The first-order valence-electron chi connectivity index (χ1n) is 9.46. The molecule has 0 saturated carbocycles. The zero-order chi connectivity index (χ0) is 19.2. The number of carbonyl (C=O) groups is 1. The minimum Gasteiger partial charge on any atom is -0.497 e. The Morgan fingerprint density at radius 3 is 2.48 bits per heavy atom. The number of rotatable bonds is 8. The number of carbonyl (C=O) groups excluding carboxylic acids is 1. The van der Waals surface area contributed by atoms with E-state index >= 15 is 0 Å². The molecule has 1 heterocycles. The van der Waals surface area contributed by atoms with Crippen LogP contribution in [0.3, 0.4) is 0 Å². The number of Topliss-reactive ketones (excluding diaryl/α,β-unsaturated/α-hetero) is 1. The van der Waals surface area contributed by atoms with Crippen molar-refractivity contribution in [3.63, 3.8) is 0 Å². The van der Waals surface area contributed by atoms with Gasteiger partial charge in [-0.1, -0.05) is 38.0 Å². The third kappa shape index (κ3) is 4.27. The molecule has 0 radical (unpaired) electrons. The number of pyridine rings is 1. The summed E-state index contributed by atoms with van der Waals surface area (Å²) < 4.78 is 5.24. The van der Waals surface area contributed by atoms with Gasteiger partial charge in [0.25, 0.3) is 0 Å². The van der Waals surface area contributed by atoms with E-state index in [1.54, 1.807) is 20.2 Å². The number of hydrogen-bond donors (Lipinski definition) is 1. The fourth-order valence-electron chi connectivity index (χ4n) is 3.20. The molecule has 0 spiro atoms. The number of ether oxygens (including phenoxy) is 1. The second-order valence-electron chi connectivity index (χ2n) is 6.70. The fourth-order valence-corrected chi connectivity index (χ4v) is 3.20. The van der Waals surface area contributed by atoms with Crippen LogP contribution in [-0.2, 0) is 0 Å². The Bertz CT molecular complexity index is 933. The van der Waals surface area contributed by atoms with Gasteiger partial charge in [0.05, 0.1) is 23.9 Å². The Morgan fingerprint density at radius 2 is 1.81 bits per heavy atom. The second kappa shape index (κ2) is 8.67. The minimum absolute atomic E-state index is 0.0252. The quantitative estimate of drug-likeness (QED) is 0.411. The topological polar surface area (TPSA) is 51.2 Å². The average Bonchev–Trinajstić information content (AvgIpc) is 2.70. The zero-order valence-electron chi connectivity index (χ0n) is 16.2. The Hall–Kier alpha value is -2.88. The molecule has 0 unspecified atom stereocenters. The van der Waals surface area contributed by atoms with Gasteiger partial charge in [-0.2, -0.15) is 0 Å². The number of anilines is 1. The maximum atomic E-state index is 12.1. The predicted octanol–water partition coefficient (Wildman–Crippen LogP) is 5.72. The number of benzene rings is 2. The molecule has 0 amide bonds. The molecule has 0 aliphatic heterocycles. The molecular formula is C23H26N2O2. The van der Waals surface area contributed by atoms with Gasteiger partial charge in [0.15, 0.2) is 5.78 Å². The summed E-state index contributed by atoms with van der Waals surface area (Å²) in [6.07, 6.45) is 5.10. The van der Waals surface area contributed by atoms with Crippen molar-refractivity contribution in [2.75, 3.05) is 19.0 Å². The van der Waals surface area contributed by atoms with E-state index in [1.807, 2.05) is 30.3 Å². The molecule has 4 heteroatoms. The predicted molar refractivity (Wildman–Crippen MR) is 112 cm³/mol.